The molecular formula is C13H12ClNO2S. The van der Waals surface area contributed by atoms with Gasteiger partial charge in [-0.15, -0.1) is 11.3 Å². The third-order valence-corrected chi connectivity index (χ3v) is 3.66. The van der Waals surface area contributed by atoms with E-state index < -0.39 is 11.9 Å². The molecule has 5 heteroatoms. The molecule has 0 aliphatic rings. The first-order valence-electron chi connectivity index (χ1n) is 5.51. The van der Waals surface area contributed by atoms with Crippen LogP contribution in [0.4, 0.5) is 0 Å². The third kappa shape index (κ3) is 3.55. The van der Waals surface area contributed by atoms with Gasteiger partial charge in [0, 0.05) is 23.0 Å². The lowest BCUT2D eigenvalue weighted by Crippen LogP contribution is -2.19. The molecule has 0 amide bonds. The first kappa shape index (κ1) is 13.1. The minimum atomic E-state index is -0.801. The molecule has 0 spiro atoms. The summed E-state index contributed by atoms with van der Waals surface area (Å²) in [6, 6.07) is 7.31. The summed E-state index contributed by atoms with van der Waals surface area (Å²) >= 11 is 7.37. The summed E-state index contributed by atoms with van der Waals surface area (Å²) in [5.74, 6) is -1.26. The molecule has 0 saturated heterocycles. The van der Waals surface area contributed by atoms with E-state index in [1.54, 1.807) is 18.3 Å². The van der Waals surface area contributed by atoms with Crippen LogP contribution in [0.2, 0.25) is 5.02 Å². The lowest BCUT2D eigenvalue weighted by atomic mass is 9.96. The molecule has 1 aromatic carbocycles. The van der Waals surface area contributed by atoms with Crippen molar-refractivity contribution in [2.45, 2.75) is 12.8 Å². The molecular weight excluding hydrogens is 270 g/mol. The summed E-state index contributed by atoms with van der Waals surface area (Å²) in [5.41, 5.74) is 0.937. The molecule has 1 unspecified atom stereocenters. The minimum Gasteiger partial charge on any atom is -0.481 e. The van der Waals surface area contributed by atoms with Gasteiger partial charge in [0.1, 0.15) is 0 Å². The number of aromatic nitrogens is 1. The highest BCUT2D eigenvalue weighted by Gasteiger charge is 2.19. The van der Waals surface area contributed by atoms with Crippen molar-refractivity contribution in [3.63, 3.8) is 0 Å². The minimum absolute atomic E-state index is 0.458. The second-order valence-electron chi connectivity index (χ2n) is 4.00. The van der Waals surface area contributed by atoms with Crippen LogP contribution in [0.25, 0.3) is 0 Å². The van der Waals surface area contributed by atoms with Crippen LogP contribution >= 0.6 is 22.9 Å². The molecule has 0 aliphatic heterocycles. The number of carbonyl (C=O) groups is 1. The van der Waals surface area contributed by atoms with E-state index in [1.165, 1.54) is 11.3 Å². The summed E-state index contributed by atoms with van der Waals surface area (Å²) in [7, 11) is 0. The van der Waals surface area contributed by atoms with Crippen LogP contribution in [0, 0.1) is 5.92 Å². The van der Waals surface area contributed by atoms with Crippen molar-refractivity contribution in [1.82, 2.24) is 4.98 Å². The highest BCUT2D eigenvalue weighted by molar-refractivity contribution is 7.09. The maximum atomic E-state index is 11.3. The summed E-state index contributed by atoms with van der Waals surface area (Å²) in [5, 5.41) is 12.6. The van der Waals surface area contributed by atoms with Gasteiger partial charge >= 0.3 is 5.97 Å². The molecule has 0 aliphatic carbocycles. The Morgan fingerprint density at radius 3 is 2.89 bits per heavy atom. The number of rotatable bonds is 5. The monoisotopic (exact) mass is 281 g/mol. The van der Waals surface area contributed by atoms with Crippen molar-refractivity contribution in [3.8, 4) is 0 Å². The van der Waals surface area contributed by atoms with E-state index in [0.29, 0.717) is 17.9 Å². The van der Waals surface area contributed by atoms with Gasteiger partial charge in [-0.3, -0.25) is 4.79 Å². The number of halogens is 1. The molecule has 0 radical (unpaired) electrons. The number of hydrogen-bond acceptors (Lipinski definition) is 3. The fourth-order valence-corrected chi connectivity index (χ4v) is 2.67. The van der Waals surface area contributed by atoms with Gasteiger partial charge < -0.3 is 5.11 Å². The maximum Gasteiger partial charge on any atom is 0.307 e. The first-order valence-corrected chi connectivity index (χ1v) is 6.76. The number of hydrogen-bond donors (Lipinski definition) is 1. The average Bonchev–Trinajstić information content (AvgIpc) is 2.81. The molecule has 1 N–H and O–H groups in total. The van der Waals surface area contributed by atoms with Crippen molar-refractivity contribution >= 4 is 28.9 Å². The van der Waals surface area contributed by atoms with Crippen molar-refractivity contribution in [2.75, 3.05) is 0 Å². The zero-order valence-electron chi connectivity index (χ0n) is 9.54. The lowest BCUT2D eigenvalue weighted by molar-refractivity contribution is -0.141. The molecule has 1 heterocycles. The third-order valence-electron chi connectivity index (χ3n) is 2.62. The van der Waals surface area contributed by atoms with Gasteiger partial charge in [-0.1, -0.05) is 23.7 Å². The zero-order valence-corrected chi connectivity index (χ0v) is 11.1. The van der Waals surface area contributed by atoms with Crippen LogP contribution in [0.15, 0.2) is 35.8 Å². The van der Waals surface area contributed by atoms with Crippen LogP contribution in [0.3, 0.4) is 0 Å². The Kier molecular flexibility index (Phi) is 4.33. The number of thiazole rings is 1. The Labute approximate surface area is 114 Å². The molecule has 3 nitrogen and oxygen atoms in total. The molecule has 1 aromatic heterocycles. The Bertz CT molecular complexity index is 528. The van der Waals surface area contributed by atoms with Crippen molar-refractivity contribution in [3.05, 3.63) is 51.4 Å². The van der Waals surface area contributed by atoms with Crippen LogP contribution in [-0.2, 0) is 17.6 Å². The number of aliphatic carboxylic acids is 1. The van der Waals surface area contributed by atoms with E-state index in [-0.39, 0.29) is 0 Å². The standard InChI is InChI=1S/C13H12ClNO2S/c14-11-3-1-2-9(7-11)6-10(13(16)17)8-12-15-4-5-18-12/h1-5,7,10H,6,8H2,(H,16,17). The number of benzene rings is 1. The van der Waals surface area contributed by atoms with Crippen molar-refractivity contribution in [1.29, 1.82) is 0 Å². The number of nitrogens with zero attached hydrogens (tertiary/aromatic N) is 1. The van der Waals surface area contributed by atoms with Gasteiger partial charge in [0.25, 0.3) is 0 Å². The fourth-order valence-electron chi connectivity index (χ4n) is 1.76. The Morgan fingerprint density at radius 1 is 1.44 bits per heavy atom. The van der Waals surface area contributed by atoms with Crippen LogP contribution in [0.1, 0.15) is 10.6 Å². The molecule has 0 fully saturated rings. The Balaban J connectivity index is 2.09. The molecule has 18 heavy (non-hydrogen) atoms. The maximum absolute atomic E-state index is 11.3. The van der Waals surface area contributed by atoms with E-state index in [0.717, 1.165) is 10.6 Å². The summed E-state index contributed by atoms with van der Waals surface area (Å²) < 4.78 is 0. The Hall–Kier alpha value is -1.39. The van der Waals surface area contributed by atoms with Gasteiger partial charge in [-0.05, 0) is 24.1 Å². The first-order chi connectivity index (χ1) is 8.65. The predicted molar refractivity (Wildman–Crippen MR) is 72.1 cm³/mol. The smallest absolute Gasteiger partial charge is 0.307 e. The highest BCUT2D eigenvalue weighted by atomic mass is 35.5. The van der Waals surface area contributed by atoms with Crippen molar-refractivity contribution in [2.24, 2.45) is 5.92 Å². The second-order valence-corrected chi connectivity index (χ2v) is 5.41. The predicted octanol–water partition coefficient (Wildman–Crippen LogP) is 3.28. The molecule has 2 aromatic rings. The van der Waals surface area contributed by atoms with Gasteiger partial charge in [0.05, 0.1) is 10.9 Å². The molecule has 2 rings (SSSR count). The molecule has 0 saturated carbocycles. The molecule has 94 valence electrons. The van der Waals surface area contributed by atoms with E-state index in [1.807, 2.05) is 17.5 Å². The van der Waals surface area contributed by atoms with Gasteiger partial charge in [-0.25, -0.2) is 4.98 Å². The highest BCUT2D eigenvalue weighted by Crippen LogP contribution is 2.19. The zero-order chi connectivity index (χ0) is 13.0. The number of carboxylic acid groups (broad SMARTS) is 1. The summed E-state index contributed by atoms with van der Waals surface area (Å²) in [6.45, 7) is 0. The van der Waals surface area contributed by atoms with E-state index in [2.05, 4.69) is 4.98 Å². The van der Waals surface area contributed by atoms with Crippen LogP contribution in [0.5, 0.6) is 0 Å². The van der Waals surface area contributed by atoms with Crippen molar-refractivity contribution < 1.29 is 9.90 Å². The molecule has 1 atom stereocenters. The average molecular weight is 282 g/mol. The lowest BCUT2D eigenvalue weighted by Gasteiger charge is -2.11. The SMILES string of the molecule is O=C(O)C(Cc1cccc(Cl)c1)Cc1nccs1. The van der Waals surface area contributed by atoms with E-state index in [9.17, 15) is 9.90 Å². The van der Waals surface area contributed by atoms with E-state index >= 15 is 0 Å². The van der Waals surface area contributed by atoms with Crippen LogP contribution in [-0.4, -0.2) is 16.1 Å². The Morgan fingerprint density at radius 2 is 2.28 bits per heavy atom. The van der Waals surface area contributed by atoms with Gasteiger partial charge in [-0.2, -0.15) is 0 Å². The topological polar surface area (TPSA) is 50.2 Å². The summed E-state index contributed by atoms with van der Waals surface area (Å²) in [6.07, 6.45) is 2.62. The van der Waals surface area contributed by atoms with Crippen LogP contribution < -0.4 is 0 Å². The quantitative estimate of drug-likeness (QED) is 0.915. The second kappa shape index (κ2) is 5.98. The fraction of sp³-hybridized carbons (Fsp3) is 0.231. The largest absolute Gasteiger partial charge is 0.481 e. The summed E-state index contributed by atoms with van der Waals surface area (Å²) in [4.78, 5) is 15.4. The van der Waals surface area contributed by atoms with Gasteiger partial charge in [0.2, 0.25) is 0 Å². The number of carboxylic acids is 1. The van der Waals surface area contributed by atoms with E-state index in [4.69, 9.17) is 11.6 Å². The van der Waals surface area contributed by atoms with Gasteiger partial charge in [0.15, 0.2) is 0 Å². The normalized spacial score (nSPS) is 12.3. The molecule has 0 bridgehead atoms.